The molecule has 6 heteroatoms. The van der Waals surface area contributed by atoms with Crippen LogP contribution in [0, 0.1) is 0 Å². The van der Waals surface area contributed by atoms with Gasteiger partial charge in [-0.2, -0.15) is 0 Å². The zero-order valence-electron chi connectivity index (χ0n) is 13.1. The van der Waals surface area contributed by atoms with Crippen LogP contribution in [0.25, 0.3) is 0 Å². The average Bonchev–Trinajstić information content (AvgIpc) is 2.64. The first-order valence-electron chi connectivity index (χ1n) is 7.49. The van der Waals surface area contributed by atoms with Gasteiger partial charge in [-0.25, -0.2) is 9.97 Å². The van der Waals surface area contributed by atoms with Crippen molar-refractivity contribution < 1.29 is 9.84 Å². The molecule has 0 spiro atoms. The molecule has 0 aliphatic rings. The molecule has 0 saturated heterocycles. The fraction of sp³-hybridized carbons (Fsp3) is 0.167. The largest absolute Gasteiger partial charge is 0.456 e. The van der Waals surface area contributed by atoms with Crippen LogP contribution in [0.1, 0.15) is 24.6 Å². The highest BCUT2D eigenvalue weighted by molar-refractivity contribution is 6.30. The van der Waals surface area contributed by atoms with Gasteiger partial charge in [-0.1, -0.05) is 18.5 Å². The van der Waals surface area contributed by atoms with Crippen molar-refractivity contribution in [1.29, 1.82) is 0 Å². The van der Waals surface area contributed by atoms with Gasteiger partial charge >= 0.3 is 0 Å². The molecule has 0 radical (unpaired) electrons. The third-order valence-corrected chi connectivity index (χ3v) is 4.01. The van der Waals surface area contributed by atoms with E-state index in [9.17, 15) is 5.11 Å². The van der Waals surface area contributed by atoms with Crippen LogP contribution in [0.4, 0.5) is 0 Å². The smallest absolute Gasteiger partial charge is 0.145 e. The van der Waals surface area contributed by atoms with Gasteiger partial charge in [-0.05, 0) is 42.8 Å². The van der Waals surface area contributed by atoms with E-state index in [1.807, 2.05) is 6.92 Å². The molecule has 24 heavy (non-hydrogen) atoms. The number of nitrogens with zero attached hydrogens (tertiary/aromatic N) is 3. The van der Waals surface area contributed by atoms with Gasteiger partial charge in [0, 0.05) is 23.0 Å². The average molecular weight is 342 g/mol. The fourth-order valence-corrected chi connectivity index (χ4v) is 2.50. The van der Waals surface area contributed by atoms with Crippen molar-refractivity contribution in [1.82, 2.24) is 15.0 Å². The molecule has 5 nitrogen and oxygen atoms in total. The van der Waals surface area contributed by atoms with Crippen molar-refractivity contribution in [3.63, 3.8) is 0 Å². The van der Waals surface area contributed by atoms with Crippen LogP contribution in [0.2, 0.25) is 5.02 Å². The normalized spacial score (nSPS) is 13.3. The summed E-state index contributed by atoms with van der Waals surface area (Å²) in [6.07, 6.45) is 6.64. The minimum absolute atomic E-state index is 0.449. The summed E-state index contributed by atoms with van der Waals surface area (Å²) in [5, 5.41) is 11.6. The Kier molecular flexibility index (Phi) is 4.74. The van der Waals surface area contributed by atoms with Crippen molar-refractivity contribution in [2.75, 3.05) is 0 Å². The van der Waals surface area contributed by atoms with Crippen LogP contribution in [0.15, 0.2) is 61.3 Å². The van der Waals surface area contributed by atoms with Gasteiger partial charge in [0.25, 0.3) is 0 Å². The molecule has 0 amide bonds. The second kappa shape index (κ2) is 6.95. The number of hydrogen-bond donors (Lipinski definition) is 1. The van der Waals surface area contributed by atoms with Crippen LogP contribution < -0.4 is 4.74 Å². The number of ether oxygens (including phenoxy) is 1. The number of hydrogen-bond acceptors (Lipinski definition) is 5. The molecular formula is C18H16ClN3O2. The Morgan fingerprint density at radius 2 is 1.67 bits per heavy atom. The third kappa shape index (κ3) is 3.37. The van der Waals surface area contributed by atoms with Gasteiger partial charge in [0.2, 0.25) is 0 Å². The molecular weight excluding hydrogens is 326 g/mol. The van der Waals surface area contributed by atoms with Crippen molar-refractivity contribution in [3.05, 3.63) is 77.6 Å². The summed E-state index contributed by atoms with van der Waals surface area (Å²) in [5.41, 5.74) is -0.116. The lowest BCUT2D eigenvalue weighted by Crippen LogP contribution is -2.27. The van der Waals surface area contributed by atoms with E-state index in [-0.39, 0.29) is 0 Å². The standard InChI is InChI=1S/C18H16ClN3O2/c1-2-18(23,13-9-20-12-21-10-13)17-8-7-16(11-22-17)24-15-5-3-14(19)4-6-15/h3-12,23H,2H2,1H3. The number of pyridine rings is 1. The molecule has 0 fully saturated rings. The summed E-state index contributed by atoms with van der Waals surface area (Å²) in [5.74, 6) is 1.24. The molecule has 1 atom stereocenters. The molecule has 1 aromatic carbocycles. The van der Waals surface area contributed by atoms with E-state index in [0.29, 0.717) is 34.2 Å². The molecule has 122 valence electrons. The van der Waals surface area contributed by atoms with Crippen LogP contribution in [-0.4, -0.2) is 20.1 Å². The molecule has 2 heterocycles. The maximum Gasteiger partial charge on any atom is 0.145 e. The quantitative estimate of drug-likeness (QED) is 0.760. The molecule has 3 aromatic rings. The Morgan fingerprint density at radius 1 is 1.00 bits per heavy atom. The maximum atomic E-state index is 11.0. The number of rotatable bonds is 5. The zero-order chi connectivity index (χ0) is 17.0. The second-order valence-electron chi connectivity index (χ2n) is 5.28. The summed E-state index contributed by atoms with van der Waals surface area (Å²) >= 11 is 5.85. The van der Waals surface area contributed by atoms with Gasteiger partial charge in [0.05, 0.1) is 11.9 Å². The topological polar surface area (TPSA) is 68.1 Å². The first-order chi connectivity index (χ1) is 11.6. The monoisotopic (exact) mass is 341 g/mol. The molecule has 2 aromatic heterocycles. The highest BCUT2D eigenvalue weighted by Crippen LogP contribution is 2.32. The lowest BCUT2D eigenvalue weighted by molar-refractivity contribution is 0.0711. The van der Waals surface area contributed by atoms with E-state index in [1.54, 1.807) is 55.0 Å². The first kappa shape index (κ1) is 16.4. The van der Waals surface area contributed by atoms with E-state index in [0.717, 1.165) is 0 Å². The summed E-state index contributed by atoms with van der Waals surface area (Å²) < 4.78 is 5.71. The van der Waals surface area contributed by atoms with Crippen molar-refractivity contribution >= 4 is 11.6 Å². The highest BCUT2D eigenvalue weighted by Gasteiger charge is 2.31. The molecule has 3 rings (SSSR count). The Labute approximate surface area is 145 Å². The van der Waals surface area contributed by atoms with Gasteiger partial charge in [0.15, 0.2) is 0 Å². The minimum atomic E-state index is -1.24. The Morgan fingerprint density at radius 3 is 2.25 bits per heavy atom. The van der Waals surface area contributed by atoms with Crippen LogP contribution in [0.5, 0.6) is 11.5 Å². The van der Waals surface area contributed by atoms with E-state index in [1.165, 1.54) is 6.33 Å². The number of aromatic nitrogens is 3. The van der Waals surface area contributed by atoms with Crippen LogP contribution in [0.3, 0.4) is 0 Å². The Balaban J connectivity index is 1.84. The zero-order valence-corrected chi connectivity index (χ0v) is 13.8. The molecule has 0 saturated carbocycles. The highest BCUT2D eigenvalue weighted by atomic mass is 35.5. The van der Waals surface area contributed by atoms with E-state index in [4.69, 9.17) is 16.3 Å². The van der Waals surface area contributed by atoms with E-state index < -0.39 is 5.60 Å². The predicted octanol–water partition coefficient (Wildman–Crippen LogP) is 3.96. The Hall–Kier alpha value is -2.50. The van der Waals surface area contributed by atoms with Gasteiger partial charge in [-0.3, -0.25) is 4.98 Å². The van der Waals surface area contributed by atoms with Crippen LogP contribution >= 0.6 is 11.6 Å². The van der Waals surface area contributed by atoms with Crippen LogP contribution in [-0.2, 0) is 5.60 Å². The molecule has 1 unspecified atom stereocenters. The number of halogens is 1. The van der Waals surface area contributed by atoms with E-state index >= 15 is 0 Å². The molecule has 0 bridgehead atoms. The molecule has 1 N–H and O–H groups in total. The SMILES string of the molecule is CCC(O)(c1cncnc1)c1ccc(Oc2ccc(Cl)cc2)cn1. The van der Waals surface area contributed by atoms with Crippen molar-refractivity contribution in [3.8, 4) is 11.5 Å². The fourth-order valence-electron chi connectivity index (χ4n) is 2.37. The summed E-state index contributed by atoms with van der Waals surface area (Å²) in [7, 11) is 0. The number of aliphatic hydroxyl groups is 1. The molecule has 0 aliphatic carbocycles. The van der Waals surface area contributed by atoms with Gasteiger partial charge in [0.1, 0.15) is 23.4 Å². The summed E-state index contributed by atoms with van der Waals surface area (Å²) in [6, 6.07) is 10.6. The van der Waals surface area contributed by atoms with E-state index in [2.05, 4.69) is 15.0 Å². The second-order valence-corrected chi connectivity index (χ2v) is 5.71. The maximum absolute atomic E-state index is 11.0. The third-order valence-electron chi connectivity index (χ3n) is 3.76. The molecule has 0 aliphatic heterocycles. The first-order valence-corrected chi connectivity index (χ1v) is 7.87. The van der Waals surface area contributed by atoms with Crippen molar-refractivity contribution in [2.24, 2.45) is 0 Å². The van der Waals surface area contributed by atoms with Gasteiger partial charge < -0.3 is 9.84 Å². The summed E-state index contributed by atoms with van der Waals surface area (Å²) in [4.78, 5) is 12.3. The van der Waals surface area contributed by atoms with Crippen molar-refractivity contribution in [2.45, 2.75) is 18.9 Å². The minimum Gasteiger partial charge on any atom is -0.456 e. The lowest BCUT2D eigenvalue weighted by Gasteiger charge is -2.26. The lowest BCUT2D eigenvalue weighted by atomic mass is 9.89. The van der Waals surface area contributed by atoms with Gasteiger partial charge in [-0.15, -0.1) is 0 Å². The summed E-state index contributed by atoms with van der Waals surface area (Å²) in [6.45, 7) is 1.88. The Bertz CT molecular complexity index is 795. The predicted molar refractivity (Wildman–Crippen MR) is 91.1 cm³/mol. The number of benzene rings is 1.